The average Bonchev–Trinajstić information content (AvgIpc) is 2.76. The van der Waals surface area contributed by atoms with E-state index >= 15 is 0 Å². The van der Waals surface area contributed by atoms with E-state index in [1.54, 1.807) is 18.2 Å². The maximum absolute atomic E-state index is 12.7. The van der Waals surface area contributed by atoms with E-state index < -0.39 is 23.5 Å². The molecule has 0 saturated carbocycles. The van der Waals surface area contributed by atoms with Crippen LogP contribution in [0.15, 0.2) is 51.7 Å². The third kappa shape index (κ3) is 4.00. The zero-order chi connectivity index (χ0) is 21.8. The van der Waals surface area contributed by atoms with Crippen LogP contribution in [-0.4, -0.2) is 39.2 Å². The van der Waals surface area contributed by atoms with Gasteiger partial charge in [-0.3, -0.25) is 4.79 Å². The minimum absolute atomic E-state index is 0.0194. The summed E-state index contributed by atoms with van der Waals surface area (Å²) in [6, 6.07) is 10.2. The van der Waals surface area contributed by atoms with Crippen LogP contribution in [0.2, 0.25) is 0 Å². The van der Waals surface area contributed by atoms with Crippen LogP contribution < -0.4 is 15.7 Å². The quantitative estimate of drug-likeness (QED) is 0.502. The van der Waals surface area contributed by atoms with Crippen molar-refractivity contribution in [2.45, 2.75) is 0 Å². The Bertz CT molecular complexity index is 1180. The van der Waals surface area contributed by atoms with E-state index in [0.717, 1.165) is 0 Å². The molecule has 154 valence electrons. The number of rotatable bonds is 5. The van der Waals surface area contributed by atoms with Gasteiger partial charge in [-0.15, -0.1) is 0 Å². The normalized spacial score (nSPS) is 10.4. The van der Waals surface area contributed by atoms with Gasteiger partial charge < -0.3 is 23.9 Å². The number of methoxy groups -OCH3 is 3. The van der Waals surface area contributed by atoms with Crippen LogP contribution in [0.5, 0.6) is 5.75 Å². The highest BCUT2D eigenvalue weighted by atomic mass is 16.5. The number of para-hydroxylation sites is 1. The first-order valence-corrected chi connectivity index (χ1v) is 8.62. The monoisotopic (exact) mass is 411 g/mol. The molecule has 0 atom stereocenters. The number of ether oxygens (including phenoxy) is 3. The summed E-state index contributed by atoms with van der Waals surface area (Å²) >= 11 is 0. The van der Waals surface area contributed by atoms with Crippen molar-refractivity contribution in [1.29, 1.82) is 0 Å². The maximum atomic E-state index is 12.7. The van der Waals surface area contributed by atoms with Gasteiger partial charge >= 0.3 is 17.6 Å². The topological polar surface area (TPSA) is 121 Å². The van der Waals surface area contributed by atoms with Crippen LogP contribution >= 0.6 is 0 Å². The van der Waals surface area contributed by atoms with Gasteiger partial charge in [-0.1, -0.05) is 12.1 Å². The molecule has 9 heteroatoms. The molecular formula is C21H17NO8. The summed E-state index contributed by atoms with van der Waals surface area (Å²) in [5.74, 6) is -1.86. The molecule has 30 heavy (non-hydrogen) atoms. The predicted octanol–water partition coefficient (Wildman–Crippen LogP) is 2.63. The Kier molecular flexibility index (Phi) is 5.82. The van der Waals surface area contributed by atoms with Gasteiger partial charge in [-0.05, 0) is 30.3 Å². The highest BCUT2D eigenvalue weighted by Crippen LogP contribution is 2.25. The van der Waals surface area contributed by atoms with Gasteiger partial charge in [0.1, 0.15) is 5.56 Å². The third-order valence-electron chi connectivity index (χ3n) is 4.22. The molecule has 1 heterocycles. The lowest BCUT2D eigenvalue weighted by molar-refractivity contribution is 0.0599. The van der Waals surface area contributed by atoms with E-state index in [1.807, 2.05) is 0 Å². The number of hydrogen-bond donors (Lipinski definition) is 1. The van der Waals surface area contributed by atoms with Crippen LogP contribution in [0.1, 0.15) is 31.1 Å². The number of anilines is 1. The Morgan fingerprint density at radius 2 is 1.53 bits per heavy atom. The van der Waals surface area contributed by atoms with Gasteiger partial charge in [0.25, 0.3) is 5.91 Å². The van der Waals surface area contributed by atoms with E-state index in [2.05, 4.69) is 14.8 Å². The van der Waals surface area contributed by atoms with Gasteiger partial charge in [0.15, 0.2) is 11.3 Å². The third-order valence-corrected chi connectivity index (χ3v) is 4.22. The molecule has 0 aliphatic carbocycles. The number of carbonyl (C=O) groups excluding carboxylic acids is 3. The van der Waals surface area contributed by atoms with Crippen LogP contribution in [0.25, 0.3) is 11.0 Å². The van der Waals surface area contributed by atoms with Gasteiger partial charge in [0.2, 0.25) is 0 Å². The Morgan fingerprint density at radius 1 is 0.900 bits per heavy atom. The Morgan fingerprint density at radius 3 is 2.10 bits per heavy atom. The molecule has 9 nitrogen and oxygen atoms in total. The number of benzene rings is 2. The largest absolute Gasteiger partial charge is 0.493 e. The zero-order valence-electron chi connectivity index (χ0n) is 16.3. The van der Waals surface area contributed by atoms with Gasteiger partial charge in [0, 0.05) is 11.1 Å². The Balaban J connectivity index is 2.01. The summed E-state index contributed by atoms with van der Waals surface area (Å²) in [6.07, 6.45) is 0. The first-order chi connectivity index (χ1) is 14.4. The minimum Gasteiger partial charge on any atom is -0.493 e. The number of hydrogen-bond acceptors (Lipinski definition) is 8. The first-order valence-electron chi connectivity index (χ1n) is 8.62. The molecule has 0 saturated heterocycles. The van der Waals surface area contributed by atoms with Crippen molar-refractivity contribution < 1.29 is 33.0 Å². The van der Waals surface area contributed by atoms with E-state index in [9.17, 15) is 19.2 Å². The number of nitrogens with one attached hydrogen (secondary N) is 1. The molecule has 0 aliphatic rings. The molecule has 2 aromatic carbocycles. The van der Waals surface area contributed by atoms with Crippen LogP contribution in [0, 0.1) is 0 Å². The summed E-state index contributed by atoms with van der Waals surface area (Å²) in [4.78, 5) is 48.8. The van der Waals surface area contributed by atoms with Gasteiger partial charge in [-0.25, -0.2) is 14.4 Å². The molecule has 0 aliphatic heterocycles. The first kappa shape index (κ1) is 20.6. The second-order valence-corrected chi connectivity index (χ2v) is 6.06. The van der Waals surface area contributed by atoms with Crippen molar-refractivity contribution in [3.05, 3.63) is 69.6 Å². The second-order valence-electron chi connectivity index (χ2n) is 6.06. The fourth-order valence-corrected chi connectivity index (χ4v) is 2.81. The SMILES string of the molecule is COC(=O)c1cc(NC(=O)c2cc3cccc(OC)c3oc2=O)cc(C(=O)OC)c1. The summed E-state index contributed by atoms with van der Waals surface area (Å²) in [5, 5.41) is 2.97. The highest BCUT2D eigenvalue weighted by Gasteiger charge is 2.18. The molecule has 0 fully saturated rings. The molecule has 0 spiro atoms. The maximum Gasteiger partial charge on any atom is 0.349 e. The van der Waals surface area contributed by atoms with E-state index in [0.29, 0.717) is 11.1 Å². The molecule has 3 rings (SSSR count). The number of amides is 1. The van der Waals surface area contributed by atoms with Crippen LogP contribution in [0.3, 0.4) is 0 Å². The number of esters is 2. The van der Waals surface area contributed by atoms with Crippen molar-refractivity contribution >= 4 is 34.5 Å². The van der Waals surface area contributed by atoms with E-state index in [1.165, 1.54) is 45.6 Å². The summed E-state index contributed by atoms with van der Waals surface area (Å²) in [6.45, 7) is 0. The fourth-order valence-electron chi connectivity index (χ4n) is 2.81. The van der Waals surface area contributed by atoms with Gasteiger partial charge in [0.05, 0.1) is 32.5 Å². The lowest BCUT2D eigenvalue weighted by Gasteiger charge is -2.10. The average molecular weight is 411 g/mol. The van der Waals surface area contributed by atoms with Crippen molar-refractivity contribution in [3.8, 4) is 5.75 Å². The summed E-state index contributed by atoms with van der Waals surface area (Å²) in [7, 11) is 3.79. The molecule has 0 bridgehead atoms. The molecule has 1 amide bonds. The molecule has 0 unspecified atom stereocenters. The minimum atomic E-state index is -0.873. The lowest BCUT2D eigenvalue weighted by Crippen LogP contribution is -2.21. The number of fused-ring (bicyclic) bond motifs is 1. The zero-order valence-corrected chi connectivity index (χ0v) is 16.3. The van der Waals surface area contributed by atoms with E-state index in [-0.39, 0.29) is 28.0 Å². The summed E-state index contributed by atoms with van der Waals surface area (Å²) < 4.78 is 19.7. The Hall–Kier alpha value is -4.14. The second kappa shape index (κ2) is 8.48. The van der Waals surface area contributed by atoms with E-state index in [4.69, 9.17) is 9.15 Å². The van der Waals surface area contributed by atoms with Crippen LogP contribution in [-0.2, 0) is 9.47 Å². The smallest absolute Gasteiger partial charge is 0.349 e. The Labute approximate surface area is 170 Å². The molecule has 1 aromatic heterocycles. The molecule has 0 radical (unpaired) electrons. The van der Waals surface area contributed by atoms with Crippen LogP contribution in [0.4, 0.5) is 5.69 Å². The van der Waals surface area contributed by atoms with Crippen molar-refractivity contribution in [1.82, 2.24) is 0 Å². The number of carbonyl (C=O) groups is 3. The standard InChI is InChI=1S/C21H17NO8/c1-27-16-6-4-5-11-10-15(21(26)30-17(11)16)18(23)22-14-8-12(19(24)28-2)7-13(9-14)20(25)29-3/h4-10H,1-3H3,(H,22,23). The van der Waals surface area contributed by atoms with Gasteiger partial charge in [-0.2, -0.15) is 0 Å². The lowest BCUT2D eigenvalue weighted by atomic mass is 10.1. The molecular weight excluding hydrogens is 394 g/mol. The van der Waals surface area contributed by atoms with Crippen molar-refractivity contribution in [2.75, 3.05) is 26.6 Å². The molecule has 1 N–H and O–H groups in total. The van der Waals surface area contributed by atoms with Crippen molar-refractivity contribution in [3.63, 3.8) is 0 Å². The summed E-state index contributed by atoms with van der Waals surface area (Å²) in [5.41, 5.74) is -0.798. The highest BCUT2D eigenvalue weighted by molar-refractivity contribution is 6.07. The fraction of sp³-hybridized carbons (Fsp3) is 0.143. The van der Waals surface area contributed by atoms with Crippen molar-refractivity contribution in [2.24, 2.45) is 0 Å². The predicted molar refractivity (Wildman–Crippen MR) is 106 cm³/mol. The molecule has 3 aromatic rings.